The van der Waals surface area contributed by atoms with E-state index in [2.05, 4.69) is 0 Å². The fourth-order valence-electron chi connectivity index (χ4n) is 1.82. The molecule has 0 fully saturated rings. The third kappa shape index (κ3) is 3.61. The number of rotatable bonds is 5. The van der Waals surface area contributed by atoms with Crippen molar-refractivity contribution in [3.63, 3.8) is 0 Å². The molecule has 118 valence electrons. The van der Waals surface area contributed by atoms with Gasteiger partial charge in [0.05, 0.1) is 30.6 Å². The summed E-state index contributed by atoms with van der Waals surface area (Å²) < 4.78 is 0. The fourth-order valence-corrected chi connectivity index (χ4v) is 2.81. The molecule has 9 nitrogen and oxygen atoms in total. The van der Waals surface area contributed by atoms with Crippen LogP contribution in [0.5, 0.6) is 0 Å². The predicted molar refractivity (Wildman–Crippen MR) is 81.7 cm³/mol. The van der Waals surface area contributed by atoms with Crippen LogP contribution < -0.4 is 0 Å². The van der Waals surface area contributed by atoms with Crippen LogP contribution in [0.2, 0.25) is 0 Å². The molecule has 2 aromatic carbocycles. The van der Waals surface area contributed by atoms with E-state index in [0.29, 0.717) is 5.56 Å². The molecule has 0 saturated carbocycles. The summed E-state index contributed by atoms with van der Waals surface area (Å²) in [7, 11) is 0. The Morgan fingerprint density at radius 2 is 1.30 bits per heavy atom. The molecule has 0 N–H and O–H groups in total. The Morgan fingerprint density at radius 3 is 1.83 bits per heavy atom. The van der Waals surface area contributed by atoms with Gasteiger partial charge in [0, 0.05) is 12.1 Å². The highest BCUT2D eigenvalue weighted by molar-refractivity contribution is 7.99. The van der Waals surface area contributed by atoms with Crippen LogP contribution in [0.4, 0.5) is 17.1 Å². The second-order valence-corrected chi connectivity index (χ2v) is 5.58. The third-order valence-electron chi connectivity index (χ3n) is 2.88. The molecule has 2 aromatic rings. The smallest absolute Gasteiger partial charge is 0.258 e. The number of hydrogen-bond acceptors (Lipinski definition) is 7. The first kappa shape index (κ1) is 16.4. The van der Waals surface area contributed by atoms with E-state index in [0.717, 1.165) is 23.9 Å². The van der Waals surface area contributed by atoms with E-state index in [4.69, 9.17) is 0 Å². The molecule has 0 amide bonds. The molecular weight excluding hydrogens is 326 g/mol. The lowest BCUT2D eigenvalue weighted by atomic mass is 10.2. The number of nitrogens with zero attached hydrogens (tertiary/aromatic N) is 3. The summed E-state index contributed by atoms with van der Waals surface area (Å²) in [6, 6.07) is 7.66. The zero-order valence-corrected chi connectivity index (χ0v) is 12.5. The maximum Gasteiger partial charge on any atom is 0.290 e. The van der Waals surface area contributed by atoms with Gasteiger partial charge in [-0.1, -0.05) is 17.8 Å². The van der Waals surface area contributed by atoms with E-state index in [-0.39, 0.29) is 15.5 Å². The van der Waals surface area contributed by atoms with Gasteiger partial charge >= 0.3 is 0 Å². The van der Waals surface area contributed by atoms with Gasteiger partial charge in [0.1, 0.15) is 0 Å². The summed E-state index contributed by atoms with van der Waals surface area (Å²) in [5.74, 6) is 0. The number of benzene rings is 2. The summed E-state index contributed by atoms with van der Waals surface area (Å²) in [6.45, 7) is 1.69. The minimum atomic E-state index is -0.755. The largest absolute Gasteiger partial charge is 0.290 e. The Morgan fingerprint density at radius 1 is 0.783 bits per heavy atom. The summed E-state index contributed by atoms with van der Waals surface area (Å²) in [5, 5.41) is 32.9. The Hall–Kier alpha value is -3.01. The lowest BCUT2D eigenvalue weighted by Gasteiger charge is -2.05. The molecule has 0 bridgehead atoms. The zero-order chi connectivity index (χ0) is 17.1. The molecule has 0 unspecified atom stereocenters. The van der Waals surface area contributed by atoms with Crippen LogP contribution in [-0.2, 0) is 0 Å². The number of nitro benzene ring substituents is 3. The predicted octanol–water partition coefficient (Wildman–Crippen LogP) is 3.87. The van der Waals surface area contributed by atoms with E-state index in [9.17, 15) is 30.3 Å². The maximum atomic E-state index is 11.1. The Kier molecular flexibility index (Phi) is 4.55. The summed E-state index contributed by atoms with van der Waals surface area (Å²) >= 11 is 0.821. The molecule has 2 rings (SSSR count). The summed E-state index contributed by atoms with van der Waals surface area (Å²) in [5.41, 5.74) is -0.388. The van der Waals surface area contributed by atoms with Gasteiger partial charge in [-0.3, -0.25) is 30.3 Å². The van der Waals surface area contributed by atoms with Crippen LogP contribution in [0, 0.1) is 37.3 Å². The van der Waals surface area contributed by atoms with Crippen molar-refractivity contribution in [3.05, 3.63) is 72.3 Å². The van der Waals surface area contributed by atoms with E-state index in [1.54, 1.807) is 13.0 Å². The van der Waals surface area contributed by atoms with Gasteiger partial charge in [-0.15, -0.1) is 0 Å². The third-order valence-corrected chi connectivity index (χ3v) is 4.01. The highest BCUT2D eigenvalue weighted by atomic mass is 32.2. The van der Waals surface area contributed by atoms with E-state index < -0.39 is 26.1 Å². The molecule has 10 heteroatoms. The average Bonchev–Trinajstić information content (AvgIpc) is 2.48. The van der Waals surface area contributed by atoms with Crippen LogP contribution in [-0.4, -0.2) is 14.8 Å². The van der Waals surface area contributed by atoms with Crippen molar-refractivity contribution in [1.82, 2.24) is 0 Å². The first-order valence-electron chi connectivity index (χ1n) is 6.15. The number of nitro groups is 3. The standard InChI is InChI=1S/C13H9N3O6S/c1-8-2-4-12(10(6-8)15(19)20)23-13-5-3-9(14(17)18)7-11(13)16(21)22/h2-7H,1H3. The van der Waals surface area contributed by atoms with Crippen molar-refractivity contribution in [3.8, 4) is 0 Å². The van der Waals surface area contributed by atoms with Gasteiger partial charge in [0.2, 0.25) is 0 Å². The van der Waals surface area contributed by atoms with Crippen LogP contribution in [0.15, 0.2) is 46.2 Å². The molecular formula is C13H9N3O6S. The topological polar surface area (TPSA) is 129 Å². The summed E-state index contributed by atoms with van der Waals surface area (Å²) in [4.78, 5) is 31.1. The van der Waals surface area contributed by atoms with E-state index in [1.165, 1.54) is 18.2 Å². The van der Waals surface area contributed by atoms with Crippen molar-refractivity contribution >= 4 is 28.8 Å². The maximum absolute atomic E-state index is 11.1. The van der Waals surface area contributed by atoms with Gasteiger partial charge in [-0.05, 0) is 24.6 Å². The first-order chi connectivity index (χ1) is 10.8. The molecule has 0 spiro atoms. The van der Waals surface area contributed by atoms with Crippen LogP contribution in [0.1, 0.15) is 5.56 Å². The highest BCUT2D eigenvalue weighted by Crippen LogP contribution is 2.40. The molecule has 0 aliphatic rings. The molecule has 0 heterocycles. The molecule has 0 aromatic heterocycles. The Balaban J connectivity index is 2.50. The van der Waals surface area contributed by atoms with Crippen LogP contribution in [0.3, 0.4) is 0 Å². The van der Waals surface area contributed by atoms with Crippen LogP contribution >= 0.6 is 11.8 Å². The lowest BCUT2D eigenvalue weighted by molar-refractivity contribution is -0.396. The van der Waals surface area contributed by atoms with Crippen molar-refractivity contribution in [1.29, 1.82) is 0 Å². The molecule has 0 aliphatic carbocycles. The number of aryl methyl sites for hydroxylation is 1. The van der Waals surface area contributed by atoms with Crippen molar-refractivity contribution in [2.24, 2.45) is 0 Å². The second-order valence-electron chi connectivity index (χ2n) is 4.50. The monoisotopic (exact) mass is 335 g/mol. The Labute approximate surface area is 133 Å². The normalized spacial score (nSPS) is 10.3. The number of hydrogen-bond donors (Lipinski definition) is 0. The highest BCUT2D eigenvalue weighted by Gasteiger charge is 2.23. The van der Waals surface area contributed by atoms with E-state index in [1.807, 2.05) is 0 Å². The number of non-ortho nitro benzene ring substituents is 1. The first-order valence-corrected chi connectivity index (χ1v) is 6.97. The second kappa shape index (κ2) is 6.40. The summed E-state index contributed by atoms with van der Waals surface area (Å²) in [6.07, 6.45) is 0. The van der Waals surface area contributed by atoms with E-state index >= 15 is 0 Å². The van der Waals surface area contributed by atoms with Crippen molar-refractivity contribution in [2.75, 3.05) is 0 Å². The van der Waals surface area contributed by atoms with Gasteiger partial charge in [0.25, 0.3) is 17.1 Å². The molecule has 0 atom stereocenters. The van der Waals surface area contributed by atoms with Crippen molar-refractivity contribution < 1.29 is 14.8 Å². The van der Waals surface area contributed by atoms with Crippen molar-refractivity contribution in [2.45, 2.75) is 16.7 Å². The zero-order valence-electron chi connectivity index (χ0n) is 11.7. The van der Waals surface area contributed by atoms with Gasteiger partial charge < -0.3 is 0 Å². The molecule has 0 radical (unpaired) electrons. The fraction of sp³-hybridized carbons (Fsp3) is 0.0769. The van der Waals surface area contributed by atoms with Gasteiger partial charge in [-0.2, -0.15) is 0 Å². The molecule has 0 aliphatic heterocycles. The van der Waals surface area contributed by atoms with Gasteiger partial charge in [-0.25, -0.2) is 0 Å². The minimum Gasteiger partial charge on any atom is -0.258 e. The van der Waals surface area contributed by atoms with Gasteiger partial charge in [0.15, 0.2) is 0 Å². The quantitative estimate of drug-likeness (QED) is 0.598. The SMILES string of the molecule is Cc1ccc(Sc2ccc([N+](=O)[O-])cc2[N+](=O)[O-])c([N+](=O)[O-])c1. The molecule has 23 heavy (non-hydrogen) atoms. The molecule has 0 saturated heterocycles. The minimum absolute atomic E-state index is 0.0903. The Bertz CT molecular complexity index is 823. The average molecular weight is 335 g/mol. The van der Waals surface area contributed by atoms with Crippen LogP contribution in [0.25, 0.3) is 0 Å². The lowest BCUT2D eigenvalue weighted by Crippen LogP contribution is -1.95.